The van der Waals surface area contributed by atoms with Gasteiger partial charge in [-0.15, -0.1) is 0 Å². The number of nitrogens with zero attached hydrogens (tertiary/aromatic N) is 1. The van der Waals surface area contributed by atoms with Gasteiger partial charge in [0.15, 0.2) is 0 Å². The monoisotopic (exact) mass is 363 g/mol. The summed E-state index contributed by atoms with van der Waals surface area (Å²) in [7, 11) is 0. The molecule has 0 amide bonds. The Labute approximate surface area is 116 Å². The van der Waals surface area contributed by atoms with E-state index in [0.29, 0.717) is 20.9 Å². The van der Waals surface area contributed by atoms with Gasteiger partial charge in [-0.1, -0.05) is 6.92 Å². The van der Waals surface area contributed by atoms with Gasteiger partial charge in [0.05, 0.1) is 20.6 Å². The van der Waals surface area contributed by atoms with Crippen molar-refractivity contribution in [3.05, 3.63) is 26.6 Å². The molecule has 0 saturated heterocycles. The Hall–Kier alpha value is -1.06. The predicted octanol–water partition coefficient (Wildman–Crippen LogP) is 3.66. The fourth-order valence-electron chi connectivity index (χ4n) is 0.844. The number of carboxylic acids is 1. The van der Waals surface area contributed by atoms with Gasteiger partial charge in [-0.05, 0) is 50.4 Å². The molecule has 0 aromatic heterocycles. The summed E-state index contributed by atoms with van der Waals surface area (Å²) < 4.78 is 1.03. The van der Waals surface area contributed by atoms with Crippen LogP contribution in [0.3, 0.4) is 0 Å². The van der Waals surface area contributed by atoms with Crippen LogP contribution in [-0.2, 0) is 4.79 Å². The first kappa shape index (κ1) is 15.9. The summed E-state index contributed by atoms with van der Waals surface area (Å²) >= 11 is 6.21. The maximum Gasteiger partial charge on any atom is 0.303 e. The van der Waals surface area contributed by atoms with Crippen LogP contribution < -0.4 is 0 Å². The highest BCUT2D eigenvalue weighted by molar-refractivity contribution is 9.11. The Bertz CT molecular complexity index is 418. The number of carboxylic acid groups (broad SMARTS) is 1. The molecule has 0 spiro atoms. The number of carbonyl (C=O) groups is 1. The summed E-state index contributed by atoms with van der Waals surface area (Å²) in [6, 6.07) is 5.08. The zero-order chi connectivity index (χ0) is 13.4. The lowest BCUT2D eigenvalue weighted by Gasteiger charge is -1.99. The zero-order valence-electron chi connectivity index (χ0n) is 9.07. The largest absolute Gasteiger partial charge is 0.506 e. The lowest BCUT2D eigenvalue weighted by Crippen LogP contribution is -1.90. The highest BCUT2D eigenvalue weighted by Crippen LogP contribution is 2.32. The molecular weight excluding hydrogens is 354 g/mol. The second-order valence-corrected chi connectivity index (χ2v) is 4.75. The Morgan fingerprint density at radius 1 is 1.41 bits per heavy atom. The van der Waals surface area contributed by atoms with E-state index in [0.717, 1.165) is 6.42 Å². The highest BCUT2D eigenvalue weighted by atomic mass is 79.9. The van der Waals surface area contributed by atoms with Gasteiger partial charge in [-0.2, -0.15) is 5.26 Å². The van der Waals surface area contributed by atoms with Crippen LogP contribution >= 0.6 is 31.9 Å². The number of aromatic hydroxyl groups is 1. The summed E-state index contributed by atoms with van der Waals surface area (Å²) in [5, 5.41) is 25.6. The maximum atomic E-state index is 9.60. The second-order valence-electron chi connectivity index (χ2n) is 3.04. The Morgan fingerprint density at radius 3 is 2.12 bits per heavy atom. The molecule has 0 unspecified atom stereocenters. The van der Waals surface area contributed by atoms with Crippen LogP contribution in [0.4, 0.5) is 0 Å². The van der Waals surface area contributed by atoms with Crippen LogP contribution in [0.25, 0.3) is 0 Å². The molecule has 0 bridgehead atoms. The summed E-state index contributed by atoms with van der Waals surface area (Å²) in [5.74, 6) is -0.596. The van der Waals surface area contributed by atoms with Gasteiger partial charge in [0.2, 0.25) is 0 Å². The van der Waals surface area contributed by atoms with E-state index < -0.39 is 5.97 Å². The molecule has 92 valence electrons. The van der Waals surface area contributed by atoms with Crippen LogP contribution in [-0.4, -0.2) is 16.2 Å². The molecule has 0 heterocycles. The van der Waals surface area contributed by atoms with Crippen molar-refractivity contribution in [1.29, 1.82) is 5.26 Å². The average Bonchev–Trinajstić information content (AvgIpc) is 2.25. The van der Waals surface area contributed by atoms with Crippen molar-refractivity contribution < 1.29 is 15.0 Å². The van der Waals surface area contributed by atoms with Crippen molar-refractivity contribution in [1.82, 2.24) is 0 Å². The van der Waals surface area contributed by atoms with Crippen molar-refractivity contribution in [2.45, 2.75) is 19.8 Å². The second kappa shape index (κ2) is 8.09. The minimum absolute atomic E-state index is 0.115. The molecule has 6 heteroatoms. The molecule has 4 nitrogen and oxygen atoms in total. The van der Waals surface area contributed by atoms with Crippen LogP contribution in [0.15, 0.2) is 21.1 Å². The molecular formula is C11H11Br2NO3. The van der Waals surface area contributed by atoms with Gasteiger partial charge in [-0.3, -0.25) is 4.79 Å². The van der Waals surface area contributed by atoms with E-state index in [1.54, 1.807) is 12.1 Å². The summed E-state index contributed by atoms with van der Waals surface area (Å²) in [4.78, 5) is 9.60. The molecule has 0 fully saturated rings. The molecule has 1 aromatic carbocycles. The van der Waals surface area contributed by atoms with Crippen LogP contribution in [0.1, 0.15) is 25.3 Å². The van der Waals surface area contributed by atoms with E-state index in [1.807, 2.05) is 13.0 Å². The molecule has 1 aromatic rings. The van der Waals surface area contributed by atoms with Gasteiger partial charge in [0, 0.05) is 6.42 Å². The number of phenolic OH excluding ortho intramolecular Hbond substituents is 1. The number of hydrogen-bond donors (Lipinski definition) is 2. The van der Waals surface area contributed by atoms with E-state index >= 15 is 0 Å². The SMILES string of the molecule is CCCC(=O)O.N#Cc1cc(Br)c(O)c(Br)c1. The van der Waals surface area contributed by atoms with Crippen molar-refractivity contribution in [3.63, 3.8) is 0 Å². The Balaban J connectivity index is 0.000000366. The third-order valence-electron chi connectivity index (χ3n) is 1.61. The van der Waals surface area contributed by atoms with E-state index in [2.05, 4.69) is 31.9 Å². The highest BCUT2D eigenvalue weighted by Gasteiger charge is 2.04. The quantitative estimate of drug-likeness (QED) is 0.838. The van der Waals surface area contributed by atoms with Gasteiger partial charge in [0.25, 0.3) is 0 Å². The fourth-order valence-corrected chi connectivity index (χ4v) is 2.03. The maximum absolute atomic E-state index is 9.60. The normalized spacial score (nSPS) is 8.82. The first-order valence-corrected chi connectivity index (χ1v) is 6.30. The number of hydrogen-bond acceptors (Lipinski definition) is 3. The molecule has 0 saturated carbocycles. The Morgan fingerprint density at radius 2 is 1.88 bits per heavy atom. The molecule has 1 rings (SSSR count). The molecule has 0 atom stereocenters. The van der Waals surface area contributed by atoms with Gasteiger partial charge < -0.3 is 10.2 Å². The summed E-state index contributed by atoms with van der Waals surface area (Å²) in [6.45, 7) is 1.84. The van der Waals surface area contributed by atoms with Gasteiger partial charge >= 0.3 is 5.97 Å². The molecule has 2 N–H and O–H groups in total. The molecule has 0 aliphatic carbocycles. The predicted molar refractivity (Wildman–Crippen MR) is 70.8 cm³/mol. The van der Waals surface area contributed by atoms with Crippen molar-refractivity contribution in [3.8, 4) is 11.8 Å². The smallest absolute Gasteiger partial charge is 0.303 e. The lowest BCUT2D eigenvalue weighted by molar-refractivity contribution is -0.137. The van der Waals surface area contributed by atoms with Crippen LogP contribution in [0.5, 0.6) is 5.75 Å². The van der Waals surface area contributed by atoms with Crippen molar-refractivity contribution in [2.24, 2.45) is 0 Å². The third-order valence-corrected chi connectivity index (χ3v) is 2.82. The number of rotatable bonds is 2. The van der Waals surface area contributed by atoms with E-state index in [-0.39, 0.29) is 5.75 Å². The number of benzene rings is 1. The molecule has 0 radical (unpaired) electrons. The number of aliphatic carboxylic acids is 1. The number of nitriles is 1. The van der Waals surface area contributed by atoms with Crippen molar-refractivity contribution in [2.75, 3.05) is 0 Å². The van der Waals surface area contributed by atoms with Crippen LogP contribution in [0.2, 0.25) is 0 Å². The van der Waals surface area contributed by atoms with Gasteiger partial charge in [-0.25, -0.2) is 0 Å². The van der Waals surface area contributed by atoms with Gasteiger partial charge in [0.1, 0.15) is 5.75 Å². The minimum Gasteiger partial charge on any atom is -0.506 e. The topological polar surface area (TPSA) is 81.3 Å². The zero-order valence-corrected chi connectivity index (χ0v) is 12.2. The standard InChI is InChI=1S/C7H3Br2NO.C4H8O2/c8-5-1-4(3-10)2-6(9)7(5)11;1-2-3-4(5)6/h1-2,11H;2-3H2,1H3,(H,5,6). The van der Waals surface area contributed by atoms with E-state index in [9.17, 15) is 9.90 Å². The Kier molecular flexibility index (Phi) is 7.59. The first-order chi connectivity index (χ1) is 7.92. The van der Waals surface area contributed by atoms with E-state index in [1.165, 1.54) is 0 Å². The molecule has 0 aliphatic rings. The fraction of sp³-hybridized carbons (Fsp3) is 0.273. The lowest BCUT2D eigenvalue weighted by atomic mass is 10.2. The minimum atomic E-state index is -0.711. The van der Waals surface area contributed by atoms with Crippen LogP contribution in [0, 0.1) is 11.3 Å². The summed E-state index contributed by atoms with van der Waals surface area (Å²) in [6.07, 6.45) is 1.02. The van der Waals surface area contributed by atoms with Crippen molar-refractivity contribution >= 4 is 37.8 Å². The summed E-state index contributed by atoms with van der Waals surface area (Å²) in [5.41, 5.74) is 0.501. The number of phenols is 1. The van der Waals surface area contributed by atoms with E-state index in [4.69, 9.17) is 10.4 Å². The first-order valence-electron chi connectivity index (χ1n) is 4.72. The molecule has 0 aliphatic heterocycles. The number of halogens is 2. The average molecular weight is 365 g/mol. The molecule has 17 heavy (non-hydrogen) atoms. The third kappa shape index (κ3) is 6.29.